The van der Waals surface area contributed by atoms with Gasteiger partial charge in [-0.05, 0) is 20.8 Å². The third-order valence-electron chi connectivity index (χ3n) is 0.610. The van der Waals surface area contributed by atoms with Gasteiger partial charge in [-0.3, -0.25) is 14.4 Å². The molecule has 0 bridgehead atoms. The molecule has 0 saturated carbocycles. The number of hydrogen-bond acceptors (Lipinski definition) is 12. The Hall–Kier alpha value is -0.300. The maximum atomic E-state index is 9.00. The summed E-state index contributed by atoms with van der Waals surface area (Å²) in [6.45, 7) is 8.44. The maximum absolute atomic E-state index is 9.00. The summed E-state index contributed by atoms with van der Waals surface area (Å²) in [5.41, 5.74) is 5.13. The van der Waals surface area contributed by atoms with Gasteiger partial charge in [-0.1, -0.05) is 0 Å². The van der Waals surface area contributed by atoms with Crippen molar-refractivity contribution in [3.8, 4) is 0 Å². The normalized spacial score (nSPS) is 6.35. The fourth-order valence-electron chi connectivity index (χ4n) is 0.306. The van der Waals surface area contributed by atoms with E-state index in [9.17, 15) is 0 Å². The van der Waals surface area contributed by atoms with Gasteiger partial charge in [0.05, 0.1) is 6.61 Å². The third-order valence-corrected chi connectivity index (χ3v) is 0.610. The zero-order chi connectivity index (χ0) is 27.0. The summed E-state index contributed by atoms with van der Waals surface area (Å²) in [6.07, 6.45) is 0. The molecular formula is C16H33N2Na3O13. The quantitative estimate of drug-likeness (QED) is 0.145. The predicted octanol–water partition coefficient (Wildman–Crippen LogP) is -13.9. The van der Waals surface area contributed by atoms with Crippen LogP contribution in [0.15, 0.2) is 0 Å². The first-order chi connectivity index (χ1) is 13.8. The van der Waals surface area contributed by atoms with E-state index in [-0.39, 0.29) is 95.3 Å². The number of nitrogens with two attached hydrogens (primary N) is 1. The van der Waals surface area contributed by atoms with Crippen LogP contribution < -0.4 is 115 Å². The predicted molar refractivity (Wildman–Crippen MR) is 101 cm³/mol. The van der Waals surface area contributed by atoms with E-state index in [1.54, 1.807) is 0 Å². The van der Waals surface area contributed by atoms with Gasteiger partial charge >= 0.3 is 88.7 Å². The molecule has 0 heterocycles. The number of rotatable bonds is 4. The van der Waals surface area contributed by atoms with Crippen LogP contribution in [0.2, 0.25) is 0 Å². The van der Waals surface area contributed by atoms with E-state index in [0.29, 0.717) is 13.1 Å². The van der Waals surface area contributed by atoms with Crippen LogP contribution in [-0.4, -0.2) is 82.5 Å². The van der Waals surface area contributed by atoms with Crippen LogP contribution in [0.25, 0.3) is 0 Å². The van der Waals surface area contributed by atoms with Gasteiger partial charge in [-0.25, -0.2) is 0 Å². The van der Waals surface area contributed by atoms with Crippen molar-refractivity contribution < 1.29 is 153 Å². The molecule has 18 heteroatoms. The Morgan fingerprint density at radius 1 is 0.618 bits per heavy atom. The summed E-state index contributed by atoms with van der Waals surface area (Å²) in [5, 5.41) is 60.0. The van der Waals surface area contributed by atoms with E-state index >= 15 is 0 Å². The summed E-state index contributed by atoms with van der Waals surface area (Å²) in [7, 11) is 0. The molecule has 0 radical (unpaired) electrons. The van der Waals surface area contributed by atoms with Gasteiger partial charge in [0.2, 0.25) is 0 Å². The van der Waals surface area contributed by atoms with Crippen molar-refractivity contribution >= 4 is 35.8 Å². The molecule has 0 spiro atoms. The minimum Gasteiger partial charge on any atom is -0.550 e. The van der Waals surface area contributed by atoms with E-state index < -0.39 is 35.8 Å². The third kappa shape index (κ3) is 2180. The number of aliphatic hydroxyl groups excluding tert-OH is 1. The molecule has 0 rings (SSSR count). The topological polar surface area (TPSA) is 291 Å². The standard InChI is InChI=1S/C4H12N2O.6C2H4O2.3Na/c5-1-2-6-3-4-7;6*1-2(3)4;;;/h6-7H,1-5H2;6*1H3,(H,3,4);;;/q;;;;;;;3*+1/p-3. The average Bonchev–Trinajstić information content (AvgIpc) is 2.44. The maximum Gasteiger partial charge on any atom is 1.00 e. The molecular weight excluding hydrogens is 497 g/mol. The van der Waals surface area contributed by atoms with Crippen LogP contribution in [-0.2, 0) is 28.8 Å². The Morgan fingerprint density at radius 3 is 0.853 bits per heavy atom. The van der Waals surface area contributed by atoms with Gasteiger partial charge in [0.1, 0.15) is 0 Å². The molecule has 0 aliphatic carbocycles. The number of aliphatic carboxylic acids is 6. The van der Waals surface area contributed by atoms with E-state index in [2.05, 4.69) is 5.32 Å². The van der Waals surface area contributed by atoms with Crippen molar-refractivity contribution in [2.24, 2.45) is 5.73 Å². The summed E-state index contributed by atoms with van der Waals surface area (Å²) in [5.74, 6) is -5.75. The van der Waals surface area contributed by atoms with E-state index in [1.807, 2.05) is 0 Å². The van der Waals surface area contributed by atoms with Crippen LogP contribution >= 0.6 is 0 Å². The smallest absolute Gasteiger partial charge is 0.550 e. The molecule has 0 fully saturated rings. The number of hydrogen-bond donors (Lipinski definition) is 6. The van der Waals surface area contributed by atoms with E-state index in [1.165, 1.54) is 0 Å². The first-order valence-electron chi connectivity index (χ1n) is 7.94. The first-order valence-corrected chi connectivity index (χ1v) is 7.94. The van der Waals surface area contributed by atoms with Crippen LogP contribution in [0, 0.1) is 0 Å². The summed E-state index contributed by atoms with van der Waals surface area (Å²) in [6, 6.07) is 0. The molecule has 188 valence electrons. The van der Waals surface area contributed by atoms with Gasteiger partial charge in [0.15, 0.2) is 0 Å². The van der Waals surface area contributed by atoms with Crippen molar-refractivity contribution in [2.75, 3.05) is 26.2 Å². The Labute approximate surface area is 265 Å². The van der Waals surface area contributed by atoms with Gasteiger partial charge in [0.25, 0.3) is 17.9 Å². The molecule has 15 nitrogen and oxygen atoms in total. The number of nitrogens with one attached hydrogen (secondary N) is 1. The van der Waals surface area contributed by atoms with Crippen LogP contribution in [0.5, 0.6) is 0 Å². The van der Waals surface area contributed by atoms with Gasteiger partial charge in [0, 0.05) is 58.3 Å². The number of carboxylic acid groups (broad SMARTS) is 6. The monoisotopic (exact) mass is 530 g/mol. The van der Waals surface area contributed by atoms with Crippen LogP contribution in [0.4, 0.5) is 0 Å². The molecule has 7 N–H and O–H groups in total. The van der Waals surface area contributed by atoms with Crippen molar-refractivity contribution in [3.63, 3.8) is 0 Å². The fraction of sp³-hybridized carbons (Fsp3) is 0.625. The van der Waals surface area contributed by atoms with Crippen LogP contribution in [0.3, 0.4) is 0 Å². The van der Waals surface area contributed by atoms with Crippen molar-refractivity contribution in [3.05, 3.63) is 0 Å². The minimum atomic E-state index is -1.08. The van der Waals surface area contributed by atoms with Crippen LogP contribution in [0.1, 0.15) is 41.5 Å². The number of carboxylic acids is 6. The molecule has 0 atom stereocenters. The number of aliphatic hydroxyl groups is 1. The Kier molecular flexibility index (Phi) is 120. The molecule has 34 heavy (non-hydrogen) atoms. The number of carbonyl (C=O) groups excluding carboxylic acids is 3. The molecule has 0 aromatic heterocycles. The molecule has 0 saturated heterocycles. The molecule has 0 unspecified atom stereocenters. The molecule has 0 aromatic carbocycles. The second-order valence-corrected chi connectivity index (χ2v) is 4.29. The molecule has 0 aliphatic rings. The fourth-order valence-corrected chi connectivity index (χ4v) is 0.306. The van der Waals surface area contributed by atoms with Gasteiger partial charge in [-0.15, -0.1) is 0 Å². The largest absolute Gasteiger partial charge is 1.00 e. The zero-order valence-electron chi connectivity index (χ0n) is 21.4. The Morgan fingerprint density at radius 2 is 0.765 bits per heavy atom. The minimum absolute atomic E-state index is 0. The number of carbonyl (C=O) groups is 6. The Balaban J connectivity index is -0.0000000247. The van der Waals surface area contributed by atoms with Gasteiger partial charge < -0.3 is 61.2 Å². The molecule has 0 amide bonds. The van der Waals surface area contributed by atoms with Crippen molar-refractivity contribution in [1.29, 1.82) is 0 Å². The molecule has 0 aromatic rings. The summed E-state index contributed by atoms with van der Waals surface area (Å²) in [4.78, 5) is 53.7. The Bertz CT molecular complexity index is 348. The van der Waals surface area contributed by atoms with Crippen molar-refractivity contribution in [2.45, 2.75) is 41.5 Å². The zero-order valence-corrected chi connectivity index (χ0v) is 27.4. The first kappa shape index (κ1) is 64.2. The van der Waals surface area contributed by atoms with Crippen molar-refractivity contribution in [1.82, 2.24) is 5.32 Å². The van der Waals surface area contributed by atoms with E-state index in [4.69, 9.17) is 70.2 Å². The van der Waals surface area contributed by atoms with Gasteiger partial charge in [-0.2, -0.15) is 0 Å². The second-order valence-electron chi connectivity index (χ2n) is 4.29. The summed E-state index contributed by atoms with van der Waals surface area (Å²) < 4.78 is 0. The van der Waals surface area contributed by atoms with E-state index in [0.717, 1.165) is 48.1 Å². The second kappa shape index (κ2) is 63.8. The summed E-state index contributed by atoms with van der Waals surface area (Å²) >= 11 is 0. The molecule has 0 aliphatic heterocycles. The SMILES string of the molecule is CC(=O)O.CC(=O)O.CC(=O)O.CC(=O)[O-].CC(=O)[O-].CC(=O)[O-].NCCNCCO.[Na+].[Na+].[Na+]. The average molecular weight is 530 g/mol.